The molecule has 0 unspecified atom stereocenters. The number of fused-ring (bicyclic) bond motifs is 1. The number of aromatic amines is 1. The van der Waals surface area contributed by atoms with Gasteiger partial charge >= 0.3 is 0 Å². The molecule has 8 heteroatoms. The van der Waals surface area contributed by atoms with Crippen molar-refractivity contribution in [3.05, 3.63) is 42.5 Å². The van der Waals surface area contributed by atoms with Crippen LogP contribution in [0.4, 0.5) is 0 Å². The molecular weight excluding hydrogens is 322 g/mol. The Bertz CT molecular complexity index is 902. The highest BCUT2D eigenvalue weighted by molar-refractivity contribution is 5.97. The van der Waals surface area contributed by atoms with Crippen molar-refractivity contribution in [3.8, 4) is 5.75 Å². The predicted molar refractivity (Wildman–Crippen MR) is 90.3 cm³/mol. The number of β-amino-alcohol motifs (C(OH)–C–C–N with tert-alkyl or cyclic N) is 1. The second kappa shape index (κ2) is 6.21. The first-order chi connectivity index (χ1) is 12.1. The summed E-state index contributed by atoms with van der Waals surface area (Å²) in [6, 6.07) is 3.67. The lowest BCUT2D eigenvalue weighted by Gasteiger charge is -2.16. The smallest absolute Gasteiger partial charge is 0.255 e. The van der Waals surface area contributed by atoms with Gasteiger partial charge in [-0.05, 0) is 19.1 Å². The molecule has 1 aliphatic heterocycles. The largest absolute Gasteiger partial charge is 0.482 e. The third kappa shape index (κ3) is 2.96. The van der Waals surface area contributed by atoms with Crippen LogP contribution in [0.5, 0.6) is 5.75 Å². The Kier molecular flexibility index (Phi) is 3.89. The quantitative estimate of drug-likeness (QED) is 0.739. The summed E-state index contributed by atoms with van der Waals surface area (Å²) in [5.74, 6) is 0.431. The topological polar surface area (TPSA) is 96.3 Å². The minimum absolute atomic E-state index is 0.162. The number of likely N-dealkylation sites (tertiary alicyclic amines) is 1. The summed E-state index contributed by atoms with van der Waals surface area (Å²) in [7, 11) is 0. The SMILES string of the molecule is CCn1cc(O[C@@H]2CN(C(=O)c3cnc4[nH]ccc4c3)C[C@H]2O)cn1. The molecule has 2 atom stereocenters. The van der Waals surface area contributed by atoms with Crippen molar-refractivity contribution in [1.29, 1.82) is 0 Å². The number of nitrogens with one attached hydrogen (secondary N) is 1. The number of ether oxygens (including phenoxy) is 1. The molecule has 1 saturated heterocycles. The van der Waals surface area contributed by atoms with Crippen LogP contribution in [0.15, 0.2) is 36.9 Å². The third-order valence-electron chi connectivity index (χ3n) is 4.39. The lowest BCUT2D eigenvalue weighted by Crippen LogP contribution is -2.31. The van der Waals surface area contributed by atoms with E-state index in [1.165, 1.54) is 0 Å². The van der Waals surface area contributed by atoms with Gasteiger partial charge < -0.3 is 19.7 Å². The van der Waals surface area contributed by atoms with Gasteiger partial charge in [0.15, 0.2) is 5.75 Å². The highest BCUT2D eigenvalue weighted by Gasteiger charge is 2.36. The Morgan fingerprint density at radius 3 is 3.12 bits per heavy atom. The van der Waals surface area contributed by atoms with E-state index in [1.807, 2.05) is 13.0 Å². The molecule has 1 amide bonds. The average molecular weight is 341 g/mol. The van der Waals surface area contributed by atoms with Crippen molar-refractivity contribution in [3.63, 3.8) is 0 Å². The fraction of sp³-hybridized carbons (Fsp3) is 0.353. The van der Waals surface area contributed by atoms with Gasteiger partial charge in [-0.1, -0.05) is 0 Å². The van der Waals surface area contributed by atoms with Gasteiger partial charge in [-0.3, -0.25) is 9.48 Å². The summed E-state index contributed by atoms with van der Waals surface area (Å²) in [6.45, 7) is 3.28. The first-order valence-electron chi connectivity index (χ1n) is 8.23. The molecule has 0 spiro atoms. The Labute approximate surface area is 144 Å². The van der Waals surface area contributed by atoms with Crippen LogP contribution in [0.25, 0.3) is 11.0 Å². The highest BCUT2D eigenvalue weighted by atomic mass is 16.5. The van der Waals surface area contributed by atoms with E-state index in [-0.39, 0.29) is 12.5 Å². The van der Waals surface area contributed by atoms with Gasteiger partial charge in [-0.2, -0.15) is 5.10 Å². The zero-order valence-electron chi connectivity index (χ0n) is 13.8. The summed E-state index contributed by atoms with van der Waals surface area (Å²) >= 11 is 0. The maximum atomic E-state index is 12.7. The molecule has 3 aromatic heterocycles. The van der Waals surface area contributed by atoms with Crippen molar-refractivity contribution in [1.82, 2.24) is 24.6 Å². The molecule has 2 N–H and O–H groups in total. The number of aromatic nitrogens is 4. The van der Waals surface area contributed by atoms with Crippen molar-refractivity contribution < 1.29 is 14.6 Å². The van der Waals surface area contributed by atoms with Crippen LogP contribution in [0.1, 0.15) is 17.3 Å². The number of carbonyl (C=O) groups is 1. The predicted octanol–water partition coefficient (Wildman–Crippen LogP) is 1.04. The Morgan fingerprint density at radius 2 is 2.32 bits per heavy atom. The number of hydrogen-bond acceptors (Lipinski definition) is 5. The number of nitrogens with zero attached hydrogens (tertiary/aromatic N) is 4. The molecule has 130 valence electrons. The number of aliphatic hydroxyl groups is 1. The van der Waals surface area contributed by atoms with Crippen LogP contribution < -0.4 is 4.74 Å². The zero-order chi connectivity index (χ0) is 17.4. The summed E-state index contributed by atoms with van der Waals surface area (Å²) < 4.78 is 7.54. The van der Waals surface area contributed by atoms with Gasteiger partial charge in [0, 0.05) is 24.3 Å². The van der Waals surface area contributed by atoms with Crippen molar-refractivity contribution in [2.75, 3.05) is 13.1 Å². The van der Waals surface area contributed by atoms with E-state index in [2.05, 4.69) is 15.1 Å². The first kappa shape index (κ1) is 15.6. The second-order valence-corrected chi connectivity index (χ2v) is 6.11. The number of pyridine rings is 1. The number of aliphatic hydroxyl groups excluding tert-OH is 1. The number of carbonyl (C=O) groups excluding carboxylic acids is 1. The van der Waals surface area contributed by atoms with Crippen LogP contribution in [0.2, 0.25) is 0 Å². The zero-order valence-corrected chi connectivity index (χ0v) is 13.8. The van der Waals surface area contributed by atoms with Gasteiger partial charge in [0.05, 0.1) is 31.0 Å². The molecule has 3 aromatic rings. The molecule has 1 fully saturated rings. The van der Waals surface area contributed by atoms with Crippen LogP contribution in [-0.4, -0.2) is 61.0 Å². The molecule has 25 heavy (non-hydrogen) atoms. The Morgan fingerprint density at radius 1 is 1.44 bits per heavy atom. The molecule has 0 radical (unpaired) electrons. The third-order valence-corrected chi connectivity index (χ3v) is 4.39. The van der Waals surface area contributed by atoms with Crippen molar-refractivity contribution in [2.45, 2.75) is 25.7 Å². The van der Waals surface area contributed by atoms with E-state index in [9.17, 15) is 9.90 Å². The summed E-state index contributed by atoms with van der Waals surface area (Å²) in [4.78, 5) is 21.5. The molecule has 8 nitrogen and oxygen atoms in total. The van der Waals surface area contributed by atoms with Gasteiger partial charge in [-0.25, -0.2) is 4.98 Å². The monoisotopic (exact) mass is 341 g/mol. The second-order valence-electron chi connectivity index (χ2n) is 6.11. The summed E-state index contributed by atoms with van der Waals surface area (Å²) in [5, 5.41) is 15.3. The lowest BCUT2D eigenvalue weighted by atomic mass is 10.2. The fourth-order valence-electron chi connectivity index (χ4n) is 3.03. The summed E-state index contributed by atoms with van der Waals surface area (Å²) in [6.07, 6.45) is 5.52. The average Bonchev–Trinajstić information content (AvgIpc) is 3.34. The standard InChI is InChI=1S/C17H19N5O3/c1-2-22-8-13(7-20-22)25-15-10-21(9-14(15)23)17(24)12-5-11-3-4-18-16(11)19-6-12/h3-8,14-15,23H,2,9-10H2,1H3,(H,18,19)/t14-,15-/m1/s1. The molecule has 0 aromatic carbocycles. The van der Waals surface area contributed by atoms with Crippen LogP contribution >= 0.6 is 0 Å². The van der Waals surface area contributed by atoms with Gasteiger partial charge in [0.2, 0.25) is 0 Å². The number of hydrogen-bond donors (Lipinski definition) is 2. The van der Waals surface area contributed by atoms with E-state index >= 15 is 0 Å². The summed E-state index contributed by atoms with van der Waals surface area (Å²) in [5.41, 5.74) is 1.24. The van der Waals surface area contributed by atoms with E-state index in [1.54, 1.807) is 40.4 Å². The molecule has 0 aliphatic carbocycles. The molecule has 4 rings (SSSR count). The molecule has 0 saturated carbocycles. The van der Waals surface area contributed by atoms with Gasteiger partial charge in [-0.15, -0.1) is 0 Å². The van der Waals surface area contributed by atoms with E-state index in [4.69, 9.17) is 4.74 Å². The van der Waals surface area contributed by atoms with Crippen molar-refractivity contribution >= 4 is 16.9 Å². The minimum Gasteiger partial charge on any atom is -0.482 e. The maximum Gasteiger partial charge on any atom is 0.255 e. The molecule has 1 aliphatic rings. The van der Waals surface area contributed by atoms with Crippen LogP contribution in [-0.2, 0) is 6.54 Å². The minimum atomic E-state index is -0.738. The Balaban J connectivity index is 1.47. The molecular formula is C17H19N5O3. The Hall–Kier alpha value is -2.87. The van der Waals surface area contributed by atoms with Crippen LogP contribution in [0.3, 0.4) is 0 Å². The van der Waals surface area contributed by atoms with Crippen LogP contribution in [0, 0.1) is 0 Å². The fourth-order valence-corrected chi connectivity index (χ4v) is 3.03. The highest BCUT2D eigenvalue weighted by Crippen LogP contribution is 2.21. The normalized spacial score (nSPS) is 20.3. The number of aryl methyl sites for hydroxylation is 1. The van der Waals surface area contributed by atoms with E-state index < -0.39 is 12.2 Å². The number of amides is 1. The number of H-pyrrole nitrogens is 1. The van der Waals surface area contributed by atoms with Gasteiger partial charge in [0.25, 0.3) is 5.91 Å². The van der Waals surface area contributed by atoms with E-state index in [0.29, 0.717) is 17.9 Å². The maximum absolute atomic E-state index is 12.7. The lowest BCUT2D eigenvalue weighted by molar-refractivity contribution is 0.0729. The first-order valence-corrected chi connectivity index (χ1v) is 8.23. The van der Waals surface area contributed by atoms with Crippen molar-refractivity contribution in [2.24, 2.45) is 0 Å². The number of rotatable bonds is 4. The van der Waals surface area contributed by atoms with Gasteiger partial charge in [0.1, 0.15) is 17.9 Å². The molecule has 0 bridgehead atoms. The molecule has 4 heterocycles. The van der Waals surface area contributed by atoms with E-state index in [0.717, 1.165) is 17.6 Å².